The van der Waals surface area contributed by atoms with Crippen LogP contribution < -0.4 is 4.74 Å². The second-order valence-corrected chi connectivity index (χ2v) is 7.22. The number of hydrogen-bond acceptors (Lipinski definition) is 5. The van der Waals surface area contributed by atoms with Crippen molar-refractivity contribution in [2.24, 2.45) is 0 Å². The number of ether oxygens (including phenoxy) is 1. The zero-order valence-electron chi connectivity index (χ0n) is 13.3. The van der Waals surface area contributed by atoms with Gasteiger partial charge in [0.1, 0.15) is 5.94 Å². The molecule has 0 spiro atoms. The van der Waals surface area contributed by atoms with Crippen molar-refractivity contribution in [3.05, 3.63) is 78.4 Å². The highest BCUT2D eigenvalue weighted by Gasteiger charge is 2.11. The number of phenols is 1. The predicted octanol–water partition coefficient (Wildman–Crippen LogP) is 5.48. The molecule has 1 N–H and O–H groups in total. The number of aromatic hydroxyl groups is 1. The molecule has 0 bridgehead atoms. The van der Waals surface area contributed by atoms with Gasteiger partial charge in [-0.05, 0) is 36.4 Å². The molecule has 0 amide bonds. The Morgan fingerprint density at radius 2 is 1.56 bits per heavy atom. The number of carbonyl (C=O) groups excluding carboxylic acids is 1. The SMILES string of the molecule is O=Cc1cc(OCSc2ccccc2)c(O)cc1Sc1ccccc1. The Labute approximate surface area is 155 Å². The number of rotatable bonds is 7. The molecule has 0 saturated carbocycles. The number of thioether (sulfide) groups is 1. The highest BCUT2D eigenvalue weighted by atomic mass is 32.2. The molecule has 3 rings (SSSR count). The molecule has 5 heteroatoms. The molecule has 0 fully saturated rings. The zero-order chi connectivity index (χ0) is 17.5. The maximum absolute atomic E-state index is 11.4. The van der Waals surface area contributed by atoms with E-state index in [9.17, 15) is 9.90 Å². The predicted molar refractivity (Wildman–Crippen MR) is 102 cm³/mol. The maximum Gasteiger partial charge on any atom is 0.163 e. The van der Waals surface area contributed by atoms with Crippen LogP contribution in [0.5, 0.6) is 11.5 Å². The van der Waals surface area contributed by atoms with Crippen LogP contribution in [0.2, 0.25) is 0 Å². The quantitative estimate of drug-likeness (QED) is 0.340. The van der Waals surface area contributed by atoms with E-state index in [-0.39, 0.29) is 5.75 Å². The van der Waals surface area contributed by atoms with Gasteiger partial charge in [-0.3, -0.25) is 4.79 Å². The maximum atomic E-state index is 11.4. The van der Waals surface area contributed by atoms with Crippen molar-refractivity contribution in [1.82, 2.24) is 0 Å². The van der Waals surface area contributed by atoms with E-state index in [4.69, 9.17) is 4.74 Å². The van der Waals surface area contributed by atoms with Crippen molar-refractivity contribution in [3.8, 4) is 11.5 Å². The lowest BCUT2D eigenvalue weighted by Crippen LogP contribution is -1.95. The molecule has 0 aliphatic carbocycles. The Hall–Kier alpha value is -2.37. The van der Waals surface area contributed by atoms with Gasteiger partial charge in [0.05, 0.1) is 0 Å². The minimum absolute atomic E-state index is 0.0256. The number of aldehydes is 1. The minimum Gasteiger partial charge on any atom is -0.504 e. The van der Waals surface area contributed by atoms with Gasteiger partial charge in [-0.2, -0.15) is 0 Å². The first-order valence-corrected chi connectivity index (χ1v) is 9.42. The molecule has 0 aliphatic heterocycles. The van der Waals surface area contributed by atoms with Gasteiger partial charge in [0.15, 0.2) is 17.8 Å². The Morgan fingerprint density at radius 1 is 0.920 bits per heavy atom. The lowest BCUT2D eigenvalue weighted by Gasteiger charge is -2.11. The van der Waals surface area contributed by atoms with E-state index in [1.807, 2.05) is 60.7 Å². The molecule has 3 nitrogen and oxygen atoms in total. The Balaban J connectivity index is 1.71. The fraction of sp³-hybridized carbons (Fsp3) is 0.0500. The van der Waals surface area contributed by atoms with Crippen molar-refractivity contribution >= 4 is 29.8 Å². The first-order valence-electron chi connectivity index (χ1n) is 7.62. The van der Waals surface area contributed by atoms with Crippen LogP contribution in [0.25, 0.3) is 0 Å². The lowest BCUT2D eigenvalue weighted by atomic mass is 10.2. The Morgan fingerprint density at radius 3 is 2.20 bits per heavy atom. The van der Waals surface area contributed by atoms with Crippen LogP contribution >= 0.6 is 23.5 Å². The van der Waals surface area contributed by atoms with Gasteiger partial charge in [0.2, 0.25) is 0 Å². The summed E-state index contributed by atoms with van der Waals surface area (Å²) in [5.74, 6) is 0.682. The summed E-state index contributed by atoms with van der Waals surface area (Å²) in [6, 6.07) is 22.7. The molecule has 0 aromatic heterocycles. The van der Waals surface area contributed by atoms with Crippen LogP contribution in [0.3, 0.4) is 0 Å². The average molecular weight is 368 g/mol. The van der Waals surface area contributed by atoms with E-state index in [1.165, 1.54) is 23.5 Å². The van der Waals surface area contributed by atoms with E-state index < -0.39 is 0 Å². The summed E-state index contributed by atoms with van der Waals surface area (Å²) in [6.45, 7) is 0. The molecule has 0 aliphatic rings. The third-order valence-electron chi connectivity index (χ3n) is 3.37. The summed E-state index contributed by atoms with van der Waals surface area (Å²) in [4.78, 5) is 14.2. The summed E-state index contributed by atoms with van der Waals surface area (Å²) in [5, 5.41) is 10.2. The second-order valence-electron chi connectivity index (χ2n) is 5.11. The summed E-state index contributed by atoms with van der Waals surface area (Å²) in [6.07, 6.45) is 0.780. The van der Waals surface area contributed by atoms with E-state index in [0.29, 0.717) is 22.1 Å². The molecule has 0 radical (unpaired) electrons. The third-order valence-corrected chi connectivity index (χ3v) is 5.30. The van der Waals surface area contributed by atoms with E-state index in [2.05, 4.69) is 0 Å². The fourth-order valence-electron chi connectivity index (χ4n) is 2.15. The first-order chi connectivity index (χ1) is 12.3. The van der Waals surface area contributed by atoms with Gasteiger partial charge in [0, 0.05) is 20.2 Å². The number of carbonyl (C=O) groups is 1. The van der Waals surface area contributed by atoms with Gasteiger partial charge >= 0.3 is 0 Å². The summed E-state index contributed by atoms with van der Waals surface area (Å²) in [7, 11) is 0. The van der Waals surface area contributed by atoms with Crippen LogP contribution in [-0.2, 0) is 0 Å². The first kappa shape index (κ1) is 17.5. The molecule has 0 heterocycles. The van der Waals surface area contributed by atoms with Gasteiger partial charge in [-0.1, -0.05) is 59.9 Å². The number of phenolic OH excluding ortho intramolecular Hbond substituents is 1. The van der Waals surface area contributed by atoms with Crippen LogP contribution in [0.4, 0.5) is 0 Å². The highest BCUT2D eigenvalue weighted by Crippen LogP contribution is 2.37. The molecule has 3 aromatic carbocycles. The molecular weight excluding hydrogens is 352 g/mol. The van der Waals surface area contributed by atoms with Gasteiger partial charge < -0.3 is 9.84 Å². The smallest absolute Gasteiger partial charge is 0.163 e. The normalized spacial score (nSPS) is 10.4. The van der Waals surface area contributed by atoms with Crippen LogP contribution in [0.15, 0.2) is 87.5 Å². The monoisotopic (exact) mass is 368 g/mol. The van der Waals surface area contributed by atoms with Crippen molar-refractivity contribution < 1.29 is 14.6 Å². The van der Waals surface area contributed by atoms with Gasteiger partial charge in [-0.15, -0.1) is 0 Å². The molecule has 0 unspecified atom stereocenters. The topological polar surface area (TPSA) is 46.5 Å². The molecule has 3 aromatic rings. The third kappa shape index (κ3) is 4.81. The second kappa shape index (κ2) is 8.65. The van der Waals surface area contributed by atoms with Crippen LogP contribution in [0, 0.1) is 0 Å². The van der Waals surface area contributed by atoms with Crippen molar-refractivity contribution in [2.75, 3.05) is 5.94 Å². The standard InChI is InChI=1S/C20H16O3S2/c21-13-15-11-19(23-14-24-16-7-3-1-4-8-16)18(22)12-20(15)25-17-9-5-2-6-10-17/h1-13,22H,14H2. The van der Waals surface area contributed by atoms with Crippen LogP contribution in [-0.4, -0.2) is 17.3 Å². The summed E-state index contributed by atoms with van der Waals surface area (Å²) in [5.41, 5.74) is 0.492. The van der Waals surface area contributed by atoms with Crippen molar-refractivity contribution in [1.29, 1.82) is 0 Å². The van der Waals surface area contributed by atoms with E-state index in [0.717, 1.165) is 16.1 Å². The molecule has 0 atom stereocenters. The molecule has 25 heavy (non-hydrogen) atoms. The lowest BCUT2D eigenvalue weighted by molar-refractivity contribution is 0.112. The van der Waals surface area contributed by atoms with E-state index >= 15 is 0 Å². The van der Waals surface area contributed by atoms with Gasteiger partial charge in [0.25, 0.3) is 0 Å². The fourth-order valence-corrected chi connectivity index (χ4v) is 3.77. The molecule has 126 valence electrons. The van der Waals surface area contributed by atoms with E-state index in [1.54, 1.807) is 12.1 Å². The summed E-state index contributed by atoms with van der Waals surface area (Å²) < 4.78 is 5.63. The zero-order valence-corrected chi connectivity index (χ0v) is 14.9. The largest absolute Gasteiger partial charge is 0.504 e. The Kier molecular flexibility index (Phi) is 6.04. The molecular formula is C20H16O3S2. The summed E-state index contributed by atoms with van der Waals surface area (Å²) >= 11 is 2.95. The van der Waals surface area contributed by atoms with Gasteiger partial charge in [-0.25, -0.2) is 0 Å². The number of benzene rings is 3. The van der Waals surface area contributed by atoms with Crippen molar-refractivity contribution in [3.63, 3.8) is 0 Å². The number of hydrogen-bond donors (Lipinski definition) is 1. The van der Waals surface area contributed by atoms with Crippen molar-refractivity contribution in [2.45, 2.75) is 14.7 Å². The molecule has 0 saturated heterocycles. The highest BCUT2D eigenvalue weighted by molar-refractivity contribution is 7.99. The minimum atomic E-state index is 0.0256. The Bertz CT molecular complexity index is 836. The average Bonchev–Trinajstić information content (AvgIpc) is 2.65. The van der Waals surface area contributed by atoms with Crippen LogP contribution in [0.1, 0.15) is 10.4 Å².